The molecule has 0 amide bonds. The summed E-state index contributed by atoms with van der Waals surface area (Å²) in [5, 5.41) is 9.93. The van der Waals surface area contributed by atoms with Crippen molar-refractivity contribution in [3.63, 3.8) is 0 Å². The quantitative estimate of drug-likeness (QED) is 0.629. The van der Waals surface area contributed by atoms with Gasteiger partial charge in [-0.2, -0.15) is 0 Å². The average Bonchev–Trinajstić information content (AvgIpc) is 2.90. The summed E-state index contributed by atoms with van der Waals surface area (Å²) in [5.74, 6) is 1.01. The Bertz CT molecular complexity index is 470. The summed E-state index contributed by atoms with van der Waals surface area (Å²) in [4.78, 5) is 0. The summed E-state index contributed by atoms with van der Waals surface area (Å²) in [6.07, 6.45) is 3.50. The topological polar surface area (TPSA) is 29.5 Å². The van der Waals surface area contributed by atoms with E-state index in [1.54, 1.807) is 0 Å². The van der Waals surface area contributed by atoms with Crippen LogP contribution in [0.25, 0.3) is 0 Å². The molecule has 0 radical (unpaired) electrons. The van der Waals surface area contributed by atoms with E-state index in [1.807, 2.05) is 0 Å². The lowest BCUT2D eigenvalue weighted by atomic mass is 9.78. The summed E-state index contributed by atoms with van der Waals surface area (Å²) >= 11 is 0. The number of ether oxygens (including phenoxy) is 1. The number of rotatable bonds is 4. The standard InChI is InChI=1S/C18H30O2Si/c1-12(2)15-8-7-13(3)17(15)18-16(9-19)14(10-20-18)11-21(4,5)6/h7,11,15-19H,1,8-10H2,2-6H3/b14-11+/t15-,16-,17-,18-/m0/s1. The Morgan fingerprint density at radius 2 is 2.14 bits per heavy atom. The molecule has 0 aromatic carbocycles. The van der Waals surface area contributed by atoms with Gasteiger partial charge < -0.3 is 9.84 Å². The highest BCUT2D eigenvalue weighted by molar-refractivity contribution is 6.81. The minimum Gasteiger partial charge on any atom is -0.396 e. The van der Waals surface area contributed by atoms with Crippen LogP contribution in [-0.4, -0.2) is 32.5 Å². The van der Waals surface area contributed by atoms with Crippen LogP contribution in [0.15, 0.2) is 35.1 Å². The van der Waals surface area contributed by atoms with E-state index in [4.69, 9.17) is 4.74 Å². The normalized spacial score (nSPS) is 35.3. The predicted octanol–water partition coefficient (Wildman–Crippen LogP) is 3.96. The Hall–Kier alpha value is -0.643. The van der Waals surface area contributed by atoms with E-state index in [1.165, 1.54) is 16.7 Å². The maximum atomic E-state index is 9.93. The molecule has 0 aromatic rings. The minimum absolute atomic E-state index is 0.109. The molecule has 4 atom stereocenters. The Morgan fingerprint density at radius 3 is 2.67 bits per heavy atom. The van der Waals surface area contributed by atoms with Crippen molar-refractivity contribution < 1.29 is 9.84 Å². The predicted molar refractivity (Wildman–Crippen MR) is 91.9 cm³/mol. The molecule has 2 aliphatic rings. The first-order valence-corrected chi connectivity index (χ1v) is 11.6. The highest BCUT2D eigenvalue weighted by Gasteiger charge is 2.43. The van der Waals surface area contributed by atoms with Gasteiger partial charge in [0.05, 0.1) is 27.4 Å². The smallest absolute Gasteiger partial charge is 0.0738 e. The van der Waals surface area contributed by atoms with Crippen molar-refractivity contribution in [2.75, 3.05) is 13.2 Å². The fourth-order valence-electron chi connectivity index (χ4n) is 3.82. The van der Waals surface area contributed by atoms with Crippen LogP contribution < -0.4 is 0 Å². The lowest BCUT2D eigenvalue weighted by Crippen LogP contribution is -2.33. The molecule has 1 saturated heterocycles. The zero-order chi connectivity index (χ0) is 15.8. The van der Waals surface area contributed by atoms with Crippen LogP contribution in [0.5, 0.6) is 0 Å². The van der Waals surface area contributed by atoms with Gasteiger partial charge >= 0.3 is 0 Å². The molecule has 1 fully saturated rings. The highest BCUT2D eigenvalue weighted by atomic mass is 28.3. The summed E-state index contributed by atoms with van der Waals surface area (Å²) in [6.45, 7) is 16.4. The van der Waals surface area contributed by atoms with Crippen LogP contribution in [0, 0.1) is 17.8 Å². The van der Waals surface area contributed by atoms with E-state index < -0.39 is 8.07 Å². The monoisotopic (exact) mass is 306 g/mol. The van der Waals surface area contributed by atoms with Crippen LogP contribution >= 0.6 is 0 Å². The molecule has 0 unspecified atom stereocenters. The van der Waals surface area contributed by atoms with Crippen molar-refractivity contribution in [3.8, 4) is 0 Å². The van der Waals surface area contributed by atoms with Gasteiger partial charge in [-0.1, -0.05) is 49.1 Å². The van der Waals surface area contributed by atoms with Crippen LogP contribution in [-0.2, 0) is 4.74 Å². The van der Waals surface area contributed by atoms with Gasteiger partial charge in [0.15, 0.2) is 0 Å². The third-order valence-electron chi connectivity index (χ3n) is 4.77. The first-order valence-electron chi connectivity index (χ1n) is 8.00. The summed E-state index contributed by atoms with van der Waals surface area (Å²) in [7, 11) is -1.29. The van der Waals surface area contributed by atoms with Crippen molar-refractivity contribution in [2.24, 2.45) is 17.8 Å². The molecular formula is C18H30O2Si. The first kappa shape index (κ1) is 16.7. The molecule has 1 aliphatic heterocycles. The van der Waals surface area contributed by atoms with Crippen LogP contribution in [0.3, 0.4) is 0 Å². The van der Waals surface area contributed by atoms with E-state index in [0.29, 0.717) is 18.4 Å². The minimum atomic E-state index is -1.29. The summed E-state index contributed by atoms with van der Waals surface area (Å²) in [5.41, 5.74) is 6.37. The number of hydrogen-bond donors (Lipinski definition) is 1. The summed E-state index contributed by atoms with van der Waals surface area (Å²) in [6, 6.07) is 0. The Labute approximate surface area is 130 Å². The molecule has 118 valence electrons. The maximum Gasteiger partial charge on any atom is 0.0738 e. The molecule has 0 aromatic heterocycles. The largest absolute Gasteiger partial charge is 0.396 e. The molecule has 3 heteroatoms. The molecule has 1 N–H and O–H groups in total. The van der Waals surface area contributed by atoms with Crippen molar-refractivity contribution in [1.29, 1.82) is 0 Å². The average molecular weight is 307 g/mol. The van der Waals surface area contributed by atoms with Crippen molar-refractivity contribution in [2.45, 2.75) is 46.0 Å². The highest BCUT2D eigenvalue weighted by Crippen LogP contribution is 2.45. The lowest BCUT2D eigenvalue weighted by molar-refractivity contribution is 0.0282. The zero-order valence-corrected chi connectivity index (χ0v) is 15.1. The van der Waals surface area contributed by atoms with Gasteiger partial charge in [0.2, 0.25) is 0 Å². The number of aliphatic hydroxyl groups excluding tert-OH is 1. The molecule has 0 spiro atoms. The number of hydrogen-bond acceptors (Lipinski definition) is 2. The van der Waals surface area contributed by atoms with Crippen molar-refractivity contribution in [1.82, 2.24) is 0 Å². The summed E-state index contributed by atoms with van der Waals surface area (Å²) < 4.78 is 6.16. The second-order valence-corrected chi connectivity index (χ2v) is 12.8. The zero-order valence-electron chi connectivity index (χ0n) is 14.1. The molecular weight excluding hydrogens is 276 g/mol. The van der Waals surface area contributed by atoms with Gasteiger partial charge in [-0.15, -0.1) is 0 Å². The van der Waals surface area contributed by atoms with E-state index in [9.17, 15) is 5.11 Å². The lowest BCUT2D eigenvalue weighted by Gasteiger charge is -2.31. The SMILES string of the molecule is C=C(C)[C@@H]1CC=C(C)[C@@H]1[C@H]1OC/C(=C\[Si](C)(C)C)[C@@H]1CO. The Kier molecular flexibility index (Phi) is 4.96. The van der Waals surface area contributed by atoms with Crippen molar-refractivity contribution in [3.05, 3.63) is 35.1 Å². The van der Waals surface area contributed by atoms with Gasteiger partial charge in [-0.3, -0.25) is 0 Å². The maximum absolute atomic E-state index is 9.93. The fraction of sp³-hybridized carbons (Fsp3) is 0.667. The van der Waals surface area contributed by atoms with Gasteiger partial charge in [0.25, 0.3) is 0 Å². The van der Waals surface area contributed by atoms with Gasteiger partial charge in [-0.25, -0.2) is 0 Å². The second kappa shape index (κ2) is 6.23. The van der Waals surface area contributed by atoms with Crippen LogP contribution in [0.1, 0.15) is 20.3 Å². The molecule has 0 saturated carbocycles. The van der Waals surface area contributed by atoms with Gasteiger partial charge in [0, 0.05) is 11.8 Å². The first-order chi connectivity index (χ1) is 9.74. The van der Waals surface area contributed by atoms with Crippen LogP contribution in [0.4, 0.5) is 0 Å². The molecule has 21 heavy (non-hydrogen) atoms. The Morgan fingerprint density at radius 1 is 1.48 bits per heavy atom. The molecule has 1 aliphatic carbocycles. The van der Waals surface area contributed by atoms with E-state index in [-0.39, 0.29) is 18.6 Å². The number of allylic oxidation sites excluding steroid dienone is 2. The Balaban J connectivity index is 2.26. The third-order valence-corrected chi connectivity index (χ3v) is 6.01. The second-order valence-electron chi connectivity index (χ2n) is 7.81. The van der Waals surface area contributed by atoms with Gasteiger partial charge in [0.1, 0.15) is 0 Å². The fourth-order valence-corrected chi connectivity index (χ4v) is 5.23. The molecule has 2 nitrogen and oxygen atoms in total. The van der Waals surface area contributed by atoms with E-state index in [2.05, 4.69) is 51.8 Å². The molecule has 1 heterocycles. The molecule has 2 rings (SSSR count). The van der Waals surface area contributed by atoms with E-state index in [0.717, 1.165) is 6.42 Å². The number of aliphatic hydroxyl groups is 1. The van der Waals surface area contributed by atoms with Crippen LogP contribution in [0.2, 0.25) is 19.6 Å². The third kappa shape index (κ3) is 3.58. The van der Waals surface area contributed by atoms with E-state index >= 15 is 0 Å². The molecule has 0 bridgehead atoms. The van der Waals surface area contributed by atoms with Crippen molar-refractivity contribution >= 4 is 8.07 Å². The van der Waals surface area contributed by atoms with Gasteiger partial charge in [-0.05, 0) is 31.8 Å².